The lowest BCUT2D eigenvalue weighted by atomic mass is 9.99. The molecule has 0 atom stereocenters. The number of amides is 2. The molecule has 2 fully saturated rings. The van der Waals surface area contributed by atoms with Gasteiger partial charge in [-0.15, -0.1) is 0 Å². The van der Waals surface area contributed by atoms with Crippen molar-refractivity contribution in [3.63, 3.8) is 0 Å². The Balaban J connectivity index is 1.77. The SMILES string of the molecule is CC(C)(NC(=O)N1CCN(CC(=O)O)CC1)C1CC1. The maximum Gasteiger partial charge on any atom is 0.317 e. The molecular weight excluding hydrogens is 246 g/mol. The highest BCUT2D eigenvalue weighted by Crippen LogP contribution is 2.39. The van der Waals surface area contributed by atoms with Crippen LogP contribution < -0.4 is 5.32 Å². The summed E-state index contributed by atoms with van der Waals surface area (Å²) < 4.78 is 0. The molecular formula is C13H23N3O3. The molecule has 1 aliphatic carbocycles. The molecule has 6 nitrogen and oxygen atoms in total. The van der Waals surface area contributed by atoms with E-state index >= 15 is 0 Å². The largest absolute Gasteiger partial charge is 0.480 e. The molecule has 1 heterocycles. The Labute approximate surface area is 113 Å². The first kappa shape index (κ1) is 14.1. The number of carboxylic acid groups (broad SMARTS) is 1. The normalized spacial score (nSPS) is 21.3. The molecule has 2 N–H and O–H groups in total. The molecule has 1 saturated carbocycles. The summed E-state index contributed by atoms with van der Waals surface area (Å²) in [6.07, 6.45) is 2.39. The van der Waals surface area contributed by atoms with Gasteiger partial charge in [-0.25, -0.2) is 4.79 Å². The van der Waals surface area contributed by atoms with Gasteiger partial charge in [0.15, 0.2) is 0 Å². The molecule has 108 valence electrons. The number of rotatable bonds is 4. The van der Waals surface area contributed by atoms with E-state index in [0.29, 0.717) is 32.1 Å². The predicted octanol–water partition coefficient (Wildman–Crippen LogP) is 0.587. The summed E-state index contributed by atoms with van der Waals surface area (Å²) in [6.45, 7) is 6.66. The quantitative estimate of drug-likeness (QED) is 0.783. The van der Waals surface area contributed by atoms with Crippen molar-refractivity contribution < 1.29 is 14.7 Å². The van der Waals surface area contributed by atoms with Crippen LogP contribution in [-0.2, 0) is 4.79 Å². The molecule has 1 aliphatic heterocycles. The van der Waals surface area contributed by atoms with Gasteiger partial charge in [-0.2, -0.15) is 0 Å². The Hall–Kier alpha value is -1.30. The minimum Gasteiger partial charge on any atom is -0.480 e. The molecule has 2 amide bonds. The highest BCUT2D eigenvalue weighted by molar-refractivity contribution is 5.75. The Morgan fingerprint density at radius 2 is 1.79 bits per heavy atom. The monoisotopic (exact) mass is 269 g/mol. The number of urea groups is 1. The maximum atomic E-state index is 12.2. The van der Waals surface area contributed by atoms with Crippen molar-refractivity contribution in [3.05, 3.63) is 0 Å². The maximum absolute atomic E-state index is 12.2. The van der Waals surface area contributed by atoms with Gasteiger partial charge in [-0.05, 0) is 32.6 Å². The van der Waals surface area contributed by atoms with E-state index in [0.717, 1.165) is 0 Å². The van der Waals surface area contributed by atoms with Crippen molar-refractivity contribution in [2.45, 2.75) is 32.2 Å². The van der Waals surface area contributed by atoms with Crippen molar-refractivity contribution in [1.82, 2.24) is 15.1 Å². The molecule has 0 spiro atoms. The second kappa shape index (κ2) is 5.36. The number of carbonyl (C=O) groups is 2. The van der Waals surface area contributed by atoms with Crippen LogP contribution in [0.4, 0.5) is 4.79 Å². The zero-order chi connectivity index (χ0) is 14.0. The fourth-order valence-corrected chi connectivity index (χ4v) is 2.56. The zero-order valence-corrected chi connectivity index (χ0v) is 11.7. The first-order chi connectivity index (χ1) is 8.88. The third-order valence-corrected chi connectivity index (χ3v) is 4.05. The summed E-state index contributed by atoms with van der Waals surface area (Å²) in [4.78, 5) is 26.4. The molecule has 2 rings (SSSR count). The van der Waals surface area contributed by atoms with Crippen LogP contribution in [0.25, 0.3) is 0 Å². The van der Waals surface area contributed by atoms with Gasteiger partial charge in [-0.1, -0.05) is 0 Å². The minimum absolute atomic E-state index is 0.0214. The van der Waals surface area contributed by atoms with Crippen LogP contribution >= 0.6 is 0 Å². The lowest BCUT2D eigenvalue weighted by Crippen LogP contribution is -2.56. The fourth-order valence-electron chi connectivity index (χ4n) is 2.56. The van der Waals surface area contributed by atoms with Gasteiger partial charge in [0.1, 0.15) is 0 Å². The van der Waals surface area contributed by atoms with E-state index < -0.39 is 5.97 Å². The third-order valence-electron chi connectivity index (χ3n) is 4.05. The van der Waals surface area contributed by atoms with E-state index in [9.17, 15) is 9.59 Å². The van der Waals surface area contributed by atoms with Crippen molar-refractivity contribution in [2.75, 3.05) is 32.7 Å². The molecule has 0 bridgehead atoms. The van der Waals surface area contributed by atoms with Crippen molar-refractivity contribution in [3.8, 4) is 0 Å². The fraction of sp³-hybridized carbons (Fsp3) is 0.846. The number of nitrogens with zero attached hydrogens (tertiary/aromatic N) is 2. The van der Waals surface area contributed by atoms with Crippen LogP contribution in [-0.4, -0.2) is 65.2 Å². The van der Waals surface area contributed by atoms with Crippen molar-refractivity contribution >= 4 is 12.0 Å². The zero-order valence-electron chi connectivity index (χ0n) is 11.7. The average Bonchev–Trinajstić information content (AvgIpc) is 3.12. The Morgan fingerprint density at radius 1 is 1.21 bits per heavy atom. The summed E-state index contributed by atoms with van der Waals surface area (Å²) in [5.41, 5.74) is -0.130. The van der Waals surface area contributed by atoms with Crippen LogP contribution in [0.2, 0.25) is 0 Å². The van der Waals surface area contributed by atoms with Gasteiger partial charge in [0.2, 0.25) is 0 Å². The first-order valence-corrected chi connectivity index (χ1v) is 6.90. The van der Waals surface area contributed by atoms with E-state index in [2.05, 4.69) is 19.2 Å². The second-order valence-electron chi connectivity index (χ2n) is 6.08. The average molecular weight is 269 g/mol. The number of piperazine rings is 1. The van der Waals surface area contributed by atoms with Gasteiger partial charge in [-0.3, -0.25) is 9.69 Å². The molecule has 0 aromatic heterocycles. The molecule has 19 heavy (non-hydrogen) atoms. The van der Waals surface area contributed by atoms with E-state index in [4.69, 9.17) is 5.11 Å². The van der Waals surface area contributed by atoms with E-state index in [1.807, 2.05) is 4.90 Å². The molecule has 0 aromatic carbocycles. The van der Waals surface area contributed by atoms with Crippen LogP contribution in [0, 0.1) is 5.92 Å². The summed E-state index contributed by atoms with van der Waals surface area (Å²) in [6, 6.07) is -0.0214. The lowest BCUT2D eigenvalue weighted by molar-refractivity contribution is -0.138. The summed E-state index contributed by atoms with van der Waals surface area (Å²) >= 11 is 0. The highest BCUT2D eigenvalue weighted by Gasteiger charge is 2.39. The number of carbonyl (C=O) groups excluding carboxylic acids is 1. The molecule has 0 unspecified atom stereocenters. The molecule has 2 aliphatic rings. The summed E-state index contributed by atoms with van der Waals surface area (Å²) in [5, 5.41) is 11.8. The number of aliphatic carboxylic acids is 1. The van der Waals surface area contributed by atoms with Gasteiger partial charge in [0, 0.05) is 31.7 Å². The minimum atomic E-state index is -0.812. The first-order valence-electron chi connectivity index (χ1n) is 6.90. The molecule has 0 aromatic rings. The van der Waals surface area contributed by atoms with Gasteiger partial charge in [0.25, 0.3) is 0 Å². The van der Waals surface area contributed by atoms with E-state index in [1.54, 1.807) is 4.90 Å². The van der Waals surface area contributed by atoms with Crippen molar-refractivity contribution in [1.29, 1.82) is 0 Å². The highest BCUT2D eigenvalue weighted by atomic mass is 16.4. The number of carboxylic acids is 1. The number of hydrogen-bond donors (Lipinski definition) is 2. The standard InChI is InChI=1S/C13H23N3O3/c1-13(2,10-3-4-10)14-12(19)16-7-5-15(6-8-16)9-11(17)18/h10H,3-9H2,1-2H3,(H,14,19)(H,17,18). The Bertz CT molecular complexity index is 358. The summed E-state index contributed by atoms with van der Waals surface area (Å²) in [7, 11) is 0. The van der Waals surface area contributed by atoms with Crippen molar-refractivity contribution in [2.24, 2.45) is 5.92 Å². The molecule has 6 heteroatoms. The number of hydrogen-bond acceptors (Lipinski definition) is 3. The van der Waals surface area contributed by atoms with Gasteiger partial charge >= 0.3 is 12.0 Å². The Kier molecular flexibility index (Phi) is 3.99. The van der Waals surface area contributed by atoms with Crippen LogP contribution in [0.1, 0.15) is 26.7 Å². The van der Waals surface area contributed by atoms with Crippen LogP contribution in [0.15, 0.2) is 0 Å². The van der Waals surface area contributed by atoms with Gasteiger partial charge < -0.3 is 15.3 Å². The third kappa shape index (κ3) is 3.83. The molecule has 1 saturated heterocycles. The Morgan fingerprint density at radius 3 is 2.26 bits per heavy atom. The number of nitrogens with one attached hydrogen (secondary N) is 1. The second-order valence-corrected chi connectivity index (χ2v) is 6.08. The van der Waals surface area contributed by atoms with Crippen LogP contribution in [0.5, 0.6) is 0 Å². The van der Waals surface area contributed by atoms with Crippen LogP contribution in [0.3, 0.4) is 0 Å². The van der Waals surface area contributed by atoms with Gasteiger partial charge in [0.05, 0.1) is 6.54 Å². The topological polar surface area (TPSA) is 72.9 Å². The van der Waals surface area contributed by atoms with E-state index in [-0.39, 0.29) is 18.1 Å². The predicted molar refractivity (Wildman–Crippen MR) is 71.0 cm³/mol. The summed E-state index contributed by atoms with van der Waals surface area (Å²) in [5.74, 6) is -0.211. The van der Waals surface area contributed by atoms with E-state index in [1.165, 1.54) is 12.8 Å². The smallest absolute Gasteiger partial charge is 0.317 e. The molecule has 0 radical (unpaired) electrons. The lowest BCUT2D eigenvalue weighted by Gasteiger charge is -2.36.